The number of aliphatic carboxylic acids is 2. The summed E-state index contributed by atoms with van der Waals surface area (Å²) in [5, 5.41) is 36.6. The van der Waals surface area contributed by atoms with Crippen molar-refractivity contribution in [2.45, 2.75) is 12.0 Å². The zero-order valence-electron chi connectivity index (χ0n) is 11.5. The minimum absolute atomic E-state index is 0.126. The highest BCUT2D eigenvalue weighted by atomic mass is 16.5. The number of benzene rings is 1. The maximum Gasteiger partial charge on any atom is 0.344 e. The summed E-state index contributed by atoms with van der Waals surface area (Å²) in [6.07, 6.45) is 0.660. The van der Waals surface area contributed by atoms with E-state index in [1.165, 1.54) is 31.4 Å². The van der Waals surface area contributed by atoms with Gasteiger partial charge in [-0.3, -0.25) is 9.59 Å². The Kier molecular flexibility index (Phi) is 5.25. The first kappa shape index (κ1) is 17.2. The maximum absolute atomic E-state index is 11.8. The molecule has 0 saturated carbocycles. The van der Waals surface area contributed by atoms with Gasteiger partial charge >= 0.3 is 11.9 Å². The molecule has 1 atom stereocenters. The van der Waals surface area contributed by atoms with Gasteiger partial charge in [-0.05, 0) is 23.8 Å². The fourth-order valence-corrected chi connectivity index (χ4v) is 1.59. The number of hydrogen-bond donors (Lipinski definition) is 4. The molecule has 0 heterocycles. The van der Waals surface area contributed by atoms with E-state index in [2.05, 4.69) is 0 Å². The van der Waals surface area contributed by atoms with E-state index < -0.39 is 29.7 Å². The lowest BCUT2D eigenvalue weighted by Gasteiger charge is -2.17. The molecule has 0 aromatic heterocycles. The van der Waals surface area contributed by atoms with Crippen molar-refractivity contribution in [3.63, 3.8) is 0 Å². The van der Waals surface area contributed by atoms with Crippen molar-refractivity contribution in [1.29, 1.82) is 0 Å². The van der Waals surface area contributed by atoms with Gasteiger partial charge in [-0.25, -0.2) is 4.79 Å². The highest BCUT2D eigenvalue weighted by Gasteiger charge is 2.44. The summed E-state index contributed by atoms with van der Waals surface area (Å²) in [5.41, 5.74) is -2.66. The number of carbonyl (C=O) groups excluding carboxylic acids is 1. The average molecular weight is 310 g/mol. The number of carbonyl (C=O) groups is 3. The quantitative estimate of drug-likeness (QED) is 0.415. The largest absolute Gasteiger partial charge is 0.504 e. The molecular formula is C14H14O8. The monoisotopic (exact) mass is 310 g/mol. The molecule has 0 saturated heterocycles. The number of methoxy groups -OCH3 is 1. The molecule has 1 aromatic carbocycles. The van der Waals surface area contributed by atoms with Crippen molar-refractivity contribution in [3.05, 3.63) is 29.8 Å². The molecule has 0 aliphatic carbocycles. The second-order valence-corrected chi connectivity index (χ2v) is 4.36. The predicted octanol–water partition coefficient (Wildman–Crippen LogP) is 0.273. The predicted molar refractivity (Wildman–Crippen MR) is 73.5 cm³/mol. The molecule has 8 nitrogen and oxygen atoms in total. The number of aromatic hydroxyl groups is 1. The number of phenols is 1. The number of phenolic OH excluding ortho intramolecular Hbond substituents is 1. The molecule has 0 bridgehead atoms. The number of carboxylic acids is 2. The van der Waals surface area contributed by atoms with Crippen LogP contribution in [0.5, 0.6) is 11.5 Å². The molecular weight excluding hydrogens is 296 g/mol. The molecule has 0 aliphatic rings. The van der Waals surface area contributed by atoms with Crippen molar-refractivity contribution < 1.29 is 39.5 Å². The van der Waals surface area contributed by atoms with E-state index in [9.17, 15) is 24.6 Å². The Bertz CT molecular complexity index is 634. The normalized spacial score (nSPS) is 13.5. The highest BCUT2D eigenvalue weighted by Crippen LogP contribution is 2.27. The standard InChI is InChI=1S/C14H14O8/c1-22-10-6-8(2-4-9(10)15)3-5-11(16)14(21,13(19)20)7-12(17)18/h2-6,15,21H,7H2,1H3,(H,17,18)(H,19,20). The highest BCUT2D eigenvalue weighted by molar-refractivity contribution is 6.14. The summed E-state index contributed by atoms with van der Waals surface area (Å²) >= 11 is 0. The van der Waals surface area contributed by atoms with Gasteiger partial charge in [-0.15, -0.1) is 0 Å². The molecule has 1 rings (SSSR count). The first-order valence-electron chi connectivity index (χ1n) is 5.97. The van der Waals surface area contributed by atoms with Crippen molar-refractivity contribution in [2.24, 2.45) is 0 Å². The minimum Gasteiger partial charge on any atom is -0.504 e. The molecule has 22 heavy (non-hydrogen) atoms. The fourth-order valence-electron chi connectivity index (χ4n) is 1.59. The molecule has 0 fully saturated rings. The number of ether oxygens (including phenoxy) is 1. The molecule has 0 amide bonds. The molecule has 1 aromatic rings. The minimum atomic E-state index is -3.04. The summed E-state index contributed by atoms with van der Waals surface area (Å²) in [7, 11) is 1.32. The Morgan fingerprint density at radius 1 is 1.27 bits per heavy atom. The summed E-state index contributed by atoms with van der Waals surface area (Å²) in [6.45, 7) is 0. The Morgan fingerprint density at radius 3 is 2.41 bits per heavy atom. The third-order valence-electron chi connectivity index (χ3n) is 2.80. The van der Waals surface area contributed by atoms with Gasteiger partial charge in [0.2, 0.25) is 5.60 Å². The lowest BCUT2D eigenvalue weighted by Crippen LogP contribution is -2.47. The molecule has 1 unspecified atom stereocenters. The van der Waals surface area contributed by atoms with Crippen LogP contribution in [0.2, 0.25) is 0 Å². The van der Waals surface area contributed by atoms with Crippen molar-refractivity contribution in [3.8, 4) is 11.5 Å². The second kappa shape index (κ2) is 6.72. The van der Waals surface area contributed by atoms with Gasteiger partial charge in [-0.1, -0.05) is 12.1 Å². The molecule has 4 N–H and O–H groups in total. The Balaban J connectivity index is 3.03. The number of rotatable bonds is 7. The Labute approximate surface area is 124 Å². The first-order valence-corrected chi connectivity index (χ1v) is 5.97. The van der Waals surface area contributed by atoms with E-state index in [4.69, 9.17) is 14.9 Å². The van der Waals surface area contributed by atoms with Crippen LogP contribution in [-0.4, -0.2) is 50.9 Å². The van der Waals surface area contributed by atoms with Crippen LogP contribution >= 0.6 is 0 Å². The summed E-state index contributed by atoms with van der Waals surface area (Å²) in [5.74, 6) is -4.85. The van der Waals surface area contributed by atoms with E-state index in [0.29, 0.717) is 5.56 Å². The number of hydrogen-bond acceptors (Lipinski definition) is 6. The van der Waals surface area contributed by atoms with Gasteiger partial charge in [0.25, 0.3) is 0 Å². The second-order valence-electron chi connectivity index (χ2n) is 4.36. The van der Waals surface area contributed by atoms with Gasteiger partial charge in [-0.2, -0.15) is 0 Å². The maximum atomic E-state index is 11.8. The number of carboxylic acid groups (broad SMARTS) is 2. The first-order chi connectivity index (χ1) is 10.2. The Hall–Kier alpha value is -2.87. The molecule has 0 aliphatic heterocycles. The van der Waals surface area contributed by atoms with E-state index in [0.717, 1.165) is 6.08 Å². The van der Waals surface area contributed by atoms with Crippen LogP contribution in [0.15, 0.2) is 24.3 Å². The third-order valence-corrected chi connectivity index (χ3v) is 2.80. The van der Waals surface area contributed by atoms with Crippen molar-refractivity contribution in [1.82, 2.24) is 0 Å². The average Bonchev–Trinajstić information content (AvgIpc) is 2.44. The van der Waals surface area contributed by atoms with Crippen LogP contribution < -0.4 is 4.74 Å². The molecule has 8 heteroatoms. The van der Waals surface area contributed by atoms with Gasteiger partial charge in [0.05, 0.1) is 13.5 Å². The number of aliphatic hydroxyl groups is 1. The summed E-state index contributed by atoms with van der Waals surface area (Å²) < 4.78 is 4.86. The topological polar surface area (TPSA) is 141 Å². The third kappa shape index (κ3) is 3.83. The van der Waals surface area contributed by atoms with Gasteiger partial charge < -0.3 is 25.2 Å². The van der Waals surface area contributed by atoms with Crippen LogP contribution in [0.4, 0.5) is 0 Å². The van der Waals surface area contributed by atoms with Crippen LogP contribution in [0.1, 0.15) is 12.0 Å². The number of ketones is 1. The molecule has 0 spiro atoms. The van der Waals surface area contributed by atoms with Crippen LogP contribution in [0.3, 0.4) is 0 Å². The van der Waals surface area contributed by atoms with Gasteiger partial charge in [0.15, 0.2) is 17.3 Å². The smallest absolute Gasteiger partial charge is 0.344 e. The summed E-state index contributed by atoms with van der Waals surface area (Å²) in [4.78, 5) is 33.3. The van der Waals surface area contributed by atoms with Crippen LogP contribution in [0.25, 0.3) is 6.08 Å². The van der Waals surface area contributed by atoms with Gasteiger partial charge in [0, 0.05) is 0 Å². The van der Waals surface area contributed by atoms with E-state index >= 15 is 0 Å². The fraction of sp³-hybridized carbons (Fsp3) is 0.214. The zero-order valence-corrected chi connectivity index (χ0v) is 11.5. The lowest BCUT2D eigenvalue weighted by atomic mass is 9.93. The van der Waals surface area contributed by atoms with Crippen LogP contribution in [0, 0.1) is 0 Å². The van der Waals surface area contributed by atoms with E-state index in [1.54, 1.807) is 0 Å². The SMILES string of the molecule is COc1cc(C=CC(=O)C(O)(CC(=O)O)C(=O)O)ccc1O. The van der Waals surface area contributed by atoms with E-state index in [1.807, 2.05) is 0 Å². The molecule has 0 radical (unpaired) electrons. The Morgan fingerprint density at radius 2 is 1.91 bits per heavy atom. The van der Waals surface area contributed by atoms with Crippen molar-refractivity contribution >= 4 is 23.8 Å². The molecule has 118 valence electrons. The lowest BCUT2D eigenvalue weighted by molar-refractivity contribution is -0.169. The van der Waals surface area contributed by atoms with E-state index in [-0.39, 0.29) is 11.5 Å². The summed E-state index contributed by atoms with van der Waals surface area (Å²) in [6, 6.07) is 4.08. The van der Waals surface area contributed by atoms with Gasteiger partial charge in [0.1, 0.15) is 0 Å². The zero-order chi connectivity index (χ0) is 16.9. The van der Waals surface area contributed by atoms with Crippen molar-refractivity contribution in [2.75, 3.05) is 7.11 Å². The van der Waals surface area contributed by atoms with Crippen LogP contribution in [-0.2, 0) is 14.4 Å².